The van der Waals surface area contributed by atoms with Crippen molar-refractivity contribution in [1.29, 1.82) is 0 Å². The third-order valence-corrected chi connectivity index (χ3v) is 4.39. The number of methoxy groups -OCH3 is 1. The van der Waals surface area contributed by atoms with E-state index in [9.17, 15) is 0 Å². The Kier molecular flexibility index (Phi) is 3.98. The van der Waals surface area contributed by atoms with Crippen LogP contribution in [0.3, 0.4) is 0 Å². The van der Waals surface area contributed by atoms with E-state index in [0.29, 0.717) is 0 Å². The second-order valence-corrected chi connectivity index (χ2v) is 5.54. The van der Waals surface area contributed by atoms with E-state index in [0.717, 1.165) is 18.8 Å². The molecule has 16 heavy (non-hydrogen) atoms. The average molecular weight is 253 g/mol. The summed E-state index contributed by atoms with van der Waals surface area (Å²) in [5.74, 6) is 0.986. The van der Waals surface area contributed by atoms with E-state index in [1.165, 1.54) is 15.3 Å². The number of hydrogen-bond donors (Lipinski definition) is 1. The first-order chi connectivity index (χ1) is 7.81. The topological polar surface area (TPSA) is 21.3 Å². The summed E-state index contributed by atoms with van der Waals surface area (Å²) in [7, 11) is 1.72. The van der Waals surface area contributed by atoms with Crippen LogP contribution in [0.25, 0.3) is 0 Å². The van der Waals surface area contributed by atoms with Crippen LogP contribution in [0.1, 0.15) is 15.3 Å². The maximum absolute atomic E-state index is 5.27. The van der Waals surface area contributed by atoms with Crippen LogP contribution in [-0.2, 0) is 13.1 Å². The first-order valence-electron chi connectivity index (χ1n) is 5.15. The SMILES string of the molecule is COc1ccsc1CNCc1sccc1C. The van der Waals surface area contributed by atoms with Gasteiger partial charge in [0.25, 0.3) is 0 Å². The number of thiophene rings is 2. The Balaban J connectivity index is 1.87. The lowest BCUT2D eigenvalue weighted by Crippen LogP contribution is -2.11. The highest BCUT2D eigenvalue weighted by Gasteiger charge is 2.04. The number of nitrogens with one attached hydrogen (secondary N) is 1. The van der Waals surface area contributed by atoms with Crippen molar-refractivity contribution in [2.75, 3.05) is 7.11 Å². The molecule has 0 bridgehead atoms. The highest BCUT2D eigenvalue weighted by atomic mass is 32.1. The molecule has 0 aliphatic carbocycles. The zero-order valence-electron chi connectivity index (χ0n) is 9.45. The summed E-state index contributed by atoms with van der Waals surface area (Å²) in [5, 5.41) is 7.65. The summed E-state index contributed by atoms with van der Waals surface area (Å²) in [5.41, 5.74) is 1.37. The van der Waals surface area contributed by atoms with Crippen molar-refractivity contribution >= 4 is 22.7 Å². The molecule has 4 heteroatoms. The second kappa shape index (κ2) is 5.48. The maximum Gasteiger partial charge on any atom is 0.134 e. The van der Waals surface area contributed by atoms with E-state index < -0.39 is 0 Å². The molecule has 2 aromatic heterocycles. The molecule has 0 aliphatic heterocycles. The molecule has 0 radical (unpaired) electrons. The van der Waals surface area contributed by atoms with Gasteiger partial charge in [0, 0.05) is 18.0 Å². The lowest BCUT2D eigenvalue weighted by atomic mass is 10.3. The zero-order chi connectivity index (χ0) is 11.4. The molecule has 0 fully saturated rings. The Bertz CT molecular complexity index is 447. The molecule has 1 N–H and O–H groups in total. The summed E-state index contributed by atoms with van der Waals surface area (Å²) in [6.07, 6.45) is 0. The molecule has 0 unspecified atom stereocenters. The van der Waals surface area contributed by atoms with E-state index in [1.807, 2.05) is 6.07 Å². The molecule has 0 atom stereocenters. The van der Waals surface area contributed by atoms with Crippen LogP contribution < -0.4 is 10.1 Å². The van der Waals surface area contributed by atoms with Crippen LogP contribution in [0.5, 0.6) is 5.75 Å². The minimum absolute atomic E-state index is 0.873. The van der Waals surface area contributed by atoms with E-state index in [2.05, 4.69) is 29.1 Å². The summed E-state index contributed by atoms with van der Waals surface area (Å²) in [6.45, 7) is 3.96. The summed E-state index contributed by atoms with van der Waals surface area (Å²) < 4.78 is 5.27. The highest BCUT2D eigenvalue weighted by Crippen LogP contribution is 2.24. The Morgan fingerprint density at radius 1 is 1.12 bits per heavy atom. The lowest BCUT2D eigenvalue weighted by Gasteiger charge is -2.04. The molecule has 86 valence electrons. The first kappa shape index (κ1) is 11.6. The third-order valence-electron chi connectivity index (χ3n) is 2.46. The third kappa shape index (κ3) is 2.64. The molecular weight excluding hydrogens is 238 g/mol. The summed E-state index contributed by atoms with van der Waals surface area (Å²) in [4.78, 5) is 2.67. The first-order valence-corrected chi connectivity index (χ1v) is 6.91. The number of ether oxygens (including phenoxy) is 1. The fourth-order valence-corrected chi connectivity index (χ4v) is 3.20. The van der Waals surface area contributed by atoms with Crippen molar-refractivity contribution < 1.29 is 4.74 Å². The van der Waals surface area contributed by atoms with Crippen molar-refractivity contribution in [3.63, 3.8) is 0 Å². The van der Waals surface area contributed by atoms with Crippen LogP contribution in [-0.4, -0.2) is 7.11 Å². The van der Waals surface area contributed by atoms with Crippen molar-refractivity contribution in [2.45, 2.75) is 20.0 Å². The fraction of sp³-hybridized carbons (Fsp3) is 0.333. The highest BCUT2D eigenvalue weighted by molar-refractivity contribution is 7.10. The molecule has 2 rings (SSSR count). The second-order valence-electron chi connectivity index (χ2n) is 3.54. The van der Waals surface area contributed by atoms with Gasteiger partial charge in [-0.05, 0) is 35.4 Å². The molecule has 2 nitrogen and oxygen atoms in total. The van der Waals surface area contributed by atoms with Gasteiger partial charge in [0.2, 0.25) is 0 Å². The Morgan fingerprint density at radius 3 is 2.50 bits per heavy atom. The van der Waals surface area contributed by atoms with Crippen LogP contribution in [0.2, 0.25) is 0 Å². The quantitative estimate of drug-likeness (QED) is 0.881. The van der Waals surface area contributed by atoms with Crippen molar-refractivity contribution in [3.05, 3.63) is 38.2 Å². The van der Waals surface area contributed by atoms with Crippen LogP contribution in [0.4, 0.5) is 0 Å². The maximum atomic E-state index is 5.27. The van der Waals surface area contributed by atoms with E-state index in [-0.39, 0.29) is 0 Å². The Labute approximate surface area is 104 Å². The van der Waals surface area contributed by atoms with Gasteiger partial charge in [0.1, 0.15) is 5.75 Å². The van der Waals surface area contributed by atoms with Gasteiger partial charge in [-0.3, -0.25) is 0 Å². The Hall–Kier alpha value is -0.840. The molecule has 0 amide bonds. The van der Waals surface area contributed by atoms with Crippen LogP contribution >= 0.6 is 22.7 Å². The molecule has 2 heterocycles. The van der Waals surface area contributed by atoms with E-state index in [4.69, 9.17) is 4.74 Å². The average Bonchev–Trinajstić information content (AvgIpc) is 2.88. The van der Waals surface area contributed by atoms with Gasteiger partial charge in [-0.2, -0.15) is 0 Å². The normalized spacial score (nSPS) is 10.6. The van der Waals surface area contributed by atoms with Crippen LogP contribution in [0.15, 0.2) is 22.9 Å². The molecular formula is C12H15NOS2. The van der Waals surface area contributed by atoms with Crippen molar-refractivity contribution in [3.8, 4) is 5.75 Å². The fourth-order valence-electron chi connectivity index (χ4n) is 1.51. The van der Waals surface area contributed by atoms with Gasteiger partial charge in [-0.1, -0.05) is 0 Å². The minimum atomic E-state index is 0.873. The molecule has 0 aliphatic rings. The van der Waals surface area contributed by atoms with E-state index in [1.54, 1.807) is 29.8 Å². The number of aryl methyl sites for hydroxylation is 1. The largest absolute Gasteiger partial charge is 0.496 e. The molecule has 0 saturated heterocycles. The molecule has 0 aromatic carbocycles. The van der Waals surface area contributed by atoms with Crippen LogP contribution in [0, 0.1) is 6.92 Å². The Morgan fingerprint density at radius 2 is 1.81 bits per heavy atom. The number of hydrogen-bond acceptors (Lipinski definition) is 4. The monoisotopic (exact) mass is 253 g/mol. The lowest BCUT2D eigenvalue weighted by molar-refractivity contribution is 0.410. The number of rotatable bonds is 5. The van der Waals surface area contributed by atoms with Gasteiger partial charge in [-0.25, -0.2) is 0 Å². The summed E-state index contributed by atoms with van der Waals surface area (Å²) >= 11 is 3.54. The van der Waals surface area contributed by atoms with E-state index >= 15 is 0 Å². The molecule has 0 spiro atoms. The standard InChI is InChI=1S/C12H15NOS2/c1-9-3-5-15-11(9)7-13-8-12-10(14-2)4-6-16-12/h3-6,13H,7-8H2,1-2H3. The van der Waals surface area contributed by atoms with Crippen molar-refractivity contribution in [2.24, 2.45) is 0 Å². The van der Waals surface area contributed by atoms with Gasteiger partial charge in [0.15, 0.2) is 0 Å². The van der Waals surface area contributed by atoms with Crippen molar-refractivity contribution in [1.82, 2.24) is 5.32 Å². The minimum Gasteiger partial charge on any atom is -0.496 e. The van der Waals surface area contributed by atoms with Gasteiger partial charge < -0.3 is 10.1 Å². The smallest absolute Gasteiger partial charge is 0.134 e. The molecule has 0 saturated carbocycles. The van der Waals surface area contributed by atoms with Gasteiger partial charge >= 0.3 is 0 Å². The molecule has 2 aromatic rings. The summed E-state index contributed by atoms with van der Waals surface area (Å²) in [6, 6.07) is 4.17. The predicted molar refractivity (Wildman–Crippen MR) is 70.5 cm³/mol. The predicted octanol–water partition coefficient (Wildman–Crippen LogP) is 3.42. The van der Waals surface area contributed by atoms with Gasteiger partial charge in [-0.15, -0.1) is 22.7 Å². The zero-order valence-corrected chi connectivity index (χ0v) is 11.1. The van der Waals surface area contributed by atoms with Gasteiger partial charge in [0.05, 0.1) is 12.0 Å².